The Hall–Kier alpha value is -0.870. The van der Waals surface area contributed by atoms with Gasteiger partial charge in [0, 0.05) is 29.6 Å². The van der Waals surface area contributed by atoms with E-state index in [0.29, 0.717) is 10.7 Å². The molecule has 1 aromatic carbocycles. The molecule has 0 aliphatic carbocycles. The maximum absolute atomic E-state index is 6.00. The van der Waals surface area contributed by atoms with Crippen molar-refractivity contribution in [1.29, 1.82) is 0 Å². The van der Waals surface area contributed by atoms with E-state index in [2.05, 4.69) is 4.90 Å². The van der Waals surface area contributed by atoms with Crippen LogP contribution in [-0.4, -0.2) is 28.9 Å². The third-order valence-corrected chi connectivity index (χ3v) is 4.08. The maximum atomic E-state index is 6.00. The molecular weight excluding hydrogens is 242 g/mol. The number of hydrogen-bond acceptors (Lipinski definition) is 4. The summed E-state index contributed by atoms with van der Waals surface area (Å²) in [6, 6.07) is 5.89. The highest BCUT2D eigenvalue weighted by molar-refractivity contribution is 8.14. The lowest BCUT2D eigenvalue weighted by atomic mass is 10.1. The number of aliphatic imine (C=N–C) groups is 1. The second-order valence-electron chi connectivity index (χ2n) is 4.04. The molecule has 5 heteroatoms. The summed E-state index contributed by atoms with van der Waals surface area (Å²) in [5, 5.41) is 1.86. The molecule has 1 atom stereocenters. The van der Waals surface area contributed by atoms with E-state index in [1.807, 2.05) is 23.9 Å². The van der Waals surface area contributed by atoms with Gasteiger partial charge in [0.25, 0.3) is 0 Å². The maximum Gasteiger partial charge on any atom is 0.160 e. The highest BCUT2D eigenvalue weighted by atomic mass is 35.5. The summed E-state index contributed by atoms with van der Waals surface area (Å²) in [7, 11) is 0. The molecular formula is C11H12ClN3S. The van der Waals surface area contributed by atoms with E-state index >= 15 is 0 Å². The molecule has 3 nitrogen and oxygen atoms in total. The first-order valence-electron chi connectivity index (χ1n) is 5.24. The lowest BCUT2D eigenvalue weighted by Gasteiger charge is -2.13. The molecule has 0 amide bonds. The van der Waals surface area contributed by atoms with Gasteiger partial charge in [-0.1, -0.05) is 23.4 Å². The fourth-order valence-electron chi connectivity index (χ4n) is 2.11. The second kappa shape index (κ2) is 3.86. The van der Waals surface area contributed by atoms with Gasteiger partial charge in [-0.25, -0.2) is 0 Å². The molecule has 1 unspecified atom stereocenters. The van der Waals surface area contributed by atoms with Crippen LogP contribution in [0.2, 0.25) is 5.02 Å². The number of halogens is 1. The number of nitrogens with two attached hydrogens (primary N) is 1. The van der Waals surface area contributed by atoms with Crippen molar-refractivity contribution in [2.24, 2.45) is 4.99 Å². The molecule has 0 saturated carbocycles. The Balaban J connectivity index is 1.91. The molecule has 0 bridgehead atoms. The Morgan fingerprint density at radius 1 is 1.44 bits per heavy atom. The van der Waals surface area contributed by atoms with E-state index in [0.717, 1.165) is 24.4 Å². The number of amidine groups is 1. The smallest absolute Gasteiger partial charge is 0.160 e. The number of hydrogen-bond donors (Lipinski definition) is 1. The molecule has 3 rings (SSSR count). The average molecular weight is 254 g/mol. The summed E-state index contributed by atoms with van der Waals surface area (Å²) in [4.78, 5) is 7.02. The van der Waals surface area contributed by atoms with Crippen molar-refractivity contribution in [3.63, 3.8) is 0 Å². The zero-order chi connectivity index (χ0) is 11.1. The first-order valence-corrected chi connectivity index (χ1v) is 6.60. The third kappa shape index (κ3) is 1.76. The highest BCUT2D eigenvalue weighted by Crippen LogP contribution is 2.33. The lowest BCUT2D eigenvalue weighted by Crippen LogP contribution is -2.21. The fourth-order valence-corrected chi connectivity index (χ4v) is 3.41. The van der Waals surface area contributed by atoms with Crippen molar-refractivity contribution >= 4 is 34.2 Å². The molecule has 0 aromatic heterocycles. The van der Waals surface area contributed by atoms with Gasteiger partial charge in [-0.2, -0.15) is 0 Å². The van der Waals surface area contributed by atoms with Gasteiger partial charge in [0.05, 0.1) is 6.04 Å². The van der Waals surface area contributed by atoms with Gasteiger partial charge in [0.1, 0.15) is 0 Å². The molecule has 84 valence electrons. The summed E-state index contributed by atoms with van der Waals surface area (Å²) in [6.45, 7) is 2.07. The van der Waals surface area contributed by atoms with Crippen LogP contribution in [-0.2, 0) is 0 Å². The quantitative estimate of drug-likeness (QED) is 0.782. The van der Waals surface area contributed by atoms with Crippen LogP contribution in [0.1, 0.15) is 11.6 Å². The van der Waals surface area contributed by atoms with E-state index in [4.69, 9.17) is 22.3 Å². The van der Waals surface area contributed by atoms with Gasteiger partial charge in [-0.05, 0) is 23.8 Å². The first kappa shape index (κ1) is 10.3. The first-order chi connectivity index (χ1) is 7.72. The number of nitrogen functional groups attached to an aromatic ring is 1. The SMILES string of the molecule is Nc1cc(Cl)cc(C2CN3CCSC3=N2)c1. The van der Waals surface area contributed by atoms with Gasteiger partial charge >= 0.3 is 0 Å². The number of rotatable bonds is 1. The van der Waals surface area contributed by atoms with Gasteiger partial charge in [-0.3, -0.25) is 4.99 Å². The van der Waals surface area contributed by atoms with Crippen LogP contribution in [0.5, 0.6) is 0 Å². The number of anilines is 1. The summed E-state index contributed by atoms with van der Waals surface area (Å²) in [5.41, 5.74) is 7.62. The Morgan fingerprint density at radius 2 is 2.31 bits per heavy atom. The zero-order valence-corrected chi connectivity index (χ0v) is 10.3. The van der Waals surface area contributed by atoms with Crippen LogP contribution in [0, 0.1) is 0 Å². The Labute approximate surface area is 104 Å². The predicted octanol–water partition coefficient (Wildman–Crippen LogP) is 2.38. The standard InChI is InChI=1S/C11H12ClN3S/c12-8-3-7(4-9(13)5-8)10-6-15-1-2-16-11(15)14-10/h3-5,10H,1-2,6,13H2. The molecule has 0 spiro atoms. The van der Waals surface area contributed by atoms with Crippen molar-refractivity contribution in [1.82, 2.24) is 4.90 Å². The van der Waals surface area contributed by atoms with Crippen molar-refractivity contribution in [3.05, 3.63) is 28.8 Å². The van der Waals surface area contributed by atoms with Crippen LogP contribution < -0.4 is 5.73 Å². The third-order valence-electron chi connectivity index (χ3n) is 2.85. The Bertz CT molecular complexity index is 440. The Morgan fingerprint density at radius 3 is 3.06 bits per heavy atom. The van der Waals surface area contributed by atoms with Crippen LogP contribution in [0.3, 0.4) is 0 Å². The molecule has 1 saturated heterocycles. The van der Waals surface area contributed by atoms with E-state index in [-0.39, 0.29) is 6.04 Å². The Kier molecular flexibility index (Phi) is 2.48. The second-order valence-corrected chi connectivity index (χ2v) is 5.54. The zero-order valence-electron chi connectivity index (χ0n) is 8.69. The topological polar surface area (TPSA) is 41.6 Å². The molecule has 2 aliphatic rings. The van der Waals surface area contributed by atoms with Crippen LogP contribution in [0.4, 0.5) is 5.69 Å². The largest absolute Gasteiger partial charge is 0.399 e. The molecule has 2 N–H and O–H groups in total. The van der Waals surface area contributed by atoms with E-state index in [1.165, 1.54) is 5.17 Å². The van der Waals surface area contributed by atoms with Crippen molar-refractivity contribution in [3.8, 4) is 0 Å². The molecule has 2 aliphatic heterocycles. The number of benzene rings is 1. The van der Waals surface area contributed by atoms with E-state index in [1.54, 1.807) is 6.07 Å². The average Bonchev–Trinajstić information content (AvgIpc) is 2.74. The van der Waals surface area contributed by atoms with E-state index < -0.39 is 0 Å². The molecule has 1 fully saturated rings. The predicted molar refractivity (Wildman–Crippen MR) is 70.1 cm³/mol. The van der Waals surface area contributed by atoms with Gasteiger partial charge in [0.15, 0.2) is 5.17 Å². The van der Waals surface area contributed by atoms with Crippen LogP contribution in [0.15, 0.2) is 23.2 Å². The van der Waals surface area contributed by atoms with Crippen LogP contribution in [0.25, 0.3) is 0 Å². The minimum atomic E-state index is 0.198. The summed E-state index contributed by atoms with van der Waals surface area (Å²) in [6.07, 6.45) is 0. The number of nitrogens with zero attached hydrogens (tertiary/aromatic N) is 2. The lowest BCUT2D eigenvalue weighted by molar-refractivity contribution is 0.464. The molecule has 16 heavy (non-hydrogen) atoms. The number of fused-ring (bicyclic) bond motifs is 1. The van der Waals surface area contributed by atoms with E-state index in [9.17, 15) is 0 Å². The summed E-state index contributed by atoms with van der Waals surface area (Å²) >= 11 is 7.83. The van der Waals surface area contributed by atoms with Crippen molar-refractivity contribution in [2.75, 3.05) is 24.6 Å². The van der Waals surface area contributed by atoms with Gasteiger partial charge < -0.3 is 10.6 Å². The minimum Gasteiger partial charge on any atom is -0.399 e. The monoisotopic (exact) mass is 253 g/mol. The fraction of sp³-hybridized carbons (Fsp3) is 0.364. The highest BCUT2D eigenvalue weighted by Gasteiger charge is 2.30. The normalized spacial score (nSPS) is 23.4. The molecule has 2 heterocycles. The minimum absolute atomic E-state index is 0.198. The number of thioether (sulfide) groups is 1. The van der Waals surface area contributed by atoms with Crippen molar-refractivity contribution < 1.29 is 0 Å². The van der Waals surface area contributed by atoms with Crippen molar-refractivity contribution in [2.45, 2.75) is 6.04 Å². The summed E-state index contributed by atoms with van der Waals surface area (Å²) in [5.74, 6) is 1.16. The summed E-state index contributed by atoms with van der Waals surface area (Å²) < 4.78 is 0. The molecule has 0 radical (unpaired) electrons. The molecule has 1 aromatic rings. The van der Waals surface area contributed by atoms with Crippen LogP contribution >= 0.6 is 23.4 Å². The van der Waals surface area contributed by atoms with Gasteiger partial charge in [-0.15, -0.1) is 0 Å². The van der Waals surface area contributed by atoms with Gasteiger partial charge in [0.2, 0.25) is 0 Å².